The predicted octanol–water partition coefficient (Wildman–Crippen LogP) is 3.22. The van der Waals surface area contributed by atoms with Crippen molar-refractivity contribution < 1.29 is 26.8 Å². The first-order chi connectivity index (χ1) is 15.2. The molecule has 7 nitrogen and oxygen atoms in total. The van der Waals surface area contributed by atoms with Gasteiger partial charge >= 0.3 is 12.1 Å². The zero-order valence-corrected chi connectivity index (χ0v) is 15.6. The Labute approximate surface area is 173 Å². The highest BCUT2D eigenvalue weighted by Gasteiger charge is 2.27. The fourth-order valence-electron chi connectivity index (χ4n) is 3.14. The Bertz CT molecular complexity index is 1300. The second kappa shape index (κ2) is 7.62. The van der Waals surface area contributed by atoms with Crippen molar-refractivity contribution in [1.29, 1.82) is 0 Å². The number of anilines is 3. The number of benzene rings is 2. The highest BCUT2D eigenvalue weighted by Crippen LogP contribution is 2.29. The Kier molecular flexibility index (Phi) is 4.37. The molecule has 0 radical (unpaired) electrons. The van der Waals surface area contributed by atoms with Crippen molar-refractivity contribution >= 4 is 33.9 Å². The number of nitrogens with two attached hydrogens (primary N) is 2. The first-order valence-electron chi connectivity index (χ1n) is 10.1. The number of nitrogens with zero attached hydrogens (tertiary/aromatic N) is 1. The molecule has 158 valence electrons. The molecule has 3 aromatic rings. The number of halogens is 3. The first kappa shape index (κ1) is 17.2. The zero-order valence-electron chi connectivity index (χ0n) is 18.6. The summed E-state index contributed by atoms with van der Waals surface area (Å²) in [7, 11) is -3.13. The van der Waals surface area contributed by atoms with Crippen molar-refractivity contribution in [3.05, 3.63) is 57.9 Å². The molecule has 0 spiro atoms. The third-order valence-electron chi connectivity index (χ3n) is 4.47. The van der Waals surface area contributed by atoms with Crippen LogP contribution in [0, 0.1) is 6.92 Å². The van der Waals surface area contributed by atoms with E-state index in [0.717, 1.165) is 4.57 Å². The lowest BCUT2D eigenvalue weighted by Gasteiger charge is -2.18. The molecule has 0 saturated carbocycles. The lowest BCUT2D eigenvalue weighted by molar-refractivity contribution is -0.115. The number of nitrogens with one attached hydrogen (secondary N) is 1. The summed E-state index contributed by atoms with van der Waals surface area (Å²) in [6.45, 7) is 0.314. The van der Waals surface area contributed by atoms with Gasteiger partial charge in [0.2, 0.25) is 0 Å². The molecule has 1 heterocycles. The van der Waals surface area contributed by atoms with Crippen LogP contribution >= 0.6 is 0 Å². The molecule has 5 N–H and O–H groups in total. The number of hydrogen-bond donors (Lipinski definition) is 3. The van der Waals surface area contributed by atoms with E-state index in [-0.39, 0.29) is 28.0 Å². The number of alkyl halides is 3. The fourth-order valence-corrected chi connectivity index (χ4v) is 3.14. The minimum atomic E-state index is -4.48. The summed E-state index contributed by atoms with van der Waals surface area (Å²) in [6, 6.07) is 8.40. The van der Waals surface area contributed by atoms with Gasteiger partial charge in [-0.3, -0.25) is 9.36 Å². The second-order valence-electron chi connectivity index (χ2n) is 6.57. The summed E-state index contributed by atoms with van der Waals surface area (Å²) >= 11 is 0. The number of rotatable bonds is 4. The number of carbonyl (C=O) groups is 1. The average molecular weight is 423 g/mol. The zero-order chi connectivity index (χ0) is 24.7. The molecular formula is C20H19F3N4O3. The number of fused-ring (bicyclic) bond motifs is 1. The lowest BCUT2D eigenvalue weighted by atomic mass is 10.1. The molecule has 10 heteroatoms. The largest absolute Gasteiger partial charge is 0.465 e. The van der Waals surface area contributed by atoms with Gasteiger partial charge in [0, 0.05) is 16.8 Å². The van der Waals surface area contributed by atoms with Gasteiger partial charge in [-0.15, -0.1) is 0 Å². The molecule has 3 rings (SSSR count). The number of aromatic nitrogens is 1. The molecule has 0 unspecified atom stereocenters. The van der Waals surface area contributed by atoms with Crippen LogP contribution in [0.4, 0.5) is 30.2 Å². The molecule has 0 atom stereocenters. The van der Waals surface area contributed by atoms with E-state index >= 15 is 0 Å². The van der Waals surface area contributed by atoms with Crippen molar-refractivity contribution in [2.24, 2.45) is 0 Å². The van der Waals surface area contributed by atoms with Crippen molar-refractivity contribution in [2.45, 2.75) is 13.1 Å². The van der Waals surface area contributed by atoms with E-state index in [9.17, 15) is 22.8 Å². The van der Waals surface area contributed by atoms with Crippen molar-refractivity contribution in [3.63, 3.8) is 0 Å². The normalized spacial score (nSPS) is 13.4. The molecule has 0 bridgehead atoms. The van der Waals surface area contributed by atoms with Gasteiger partial charge in [-0.1, -0.05) is 0 Å². The molecule has 0 saturated heterocycles. The number of pyridine rings is 1. The monoisotopic (exact) mass is 423 g/mol. The van der Waals surface area contributed by atoms with E-state index in [2.05, 4.69) is 10.1 Å². The second-order valence-corrected chi connectivity index (χ2v) is 6.57. The fraction of sp³-hybridized carbons (Fsp3) is 0.200. The van der Waals surface area contributed by atoms with E-state index in [0.29, 0.717) is 11.3 Å². The minimum Gasteiger partial charge on any atom is -0.465 e. The third kappa shape index (κ3) is 3.88. The Morgan fingerprint density at radius 2 is 1.97 bits per heavy atom. The summed E-state index contributed by atoms with van der Waals surface area (Å²) in [4.78, 5) is 25.9. The van der Waals surface area contributed by atoms with E-state index in [1.165, 1.54) is 30.3 Å². The highest BCUT2D eigenvalue weighted by molar-refractivity contribution is 6.05. The van der Waals surface area contributed by atoms with Crippen LogP contribution in [-0.4, -0.2) is 30.3 Å². The first-order valence-corrected chi connectivity index (χ1v) is 8.56. The highest BCUT2D eigenvalue weighted by atomic mass is 19.4. The maximum Gasteiger partial charge on any atom is 0.405 e. The predicted molar refractivity (Wildman–Crippen MR) is 109 cm³/mol. The maximum atomic E-state index is 13.4. The van der Waals surface area contributed by atoms with Gasteiger partial charge in [-0.2, -0.15) is 13.2 Å². The Balaban J connectivity index is 2.34. The van der Waals surface area contributed by atoms with E-state index in [4.69, 9.17) is 15.6 Å². The summed E-state index contributed by atoms with van der Waals surface area (Å²) in [6.07, 6.45) is -4.48. The average Bonchev–Trinajstić information content (AvgIpc) is 2.66. The quantitative estimate of drug-likeness (QED) is 0.439. The number of ether oxygens (including phenoxy) is 1. The van der Waals surface area contributed by atoms with Gasteiger partial charge in [-0.25, -0.2) is 4.79 Å². The van der Waals surface area contributed by atoms with Crippen molar-refractivity contribution in [3.8, 4) is 5.69 Å². The summed E-state index contributed by atoms with van der Waals surface area (Å²) in [5.41, 5.74) is 11.0. The summed E-state index contributed by atoms with van der Waals surface area (Å²) < 4.78 is 64.8. The molecular weight excluding hydrogens is 401 g/mol. The van der Waals surface area contributed by atoms with Gasteiger partial charge in [0.05, 0.1) is 28.0 Å². The SMILES string of the molecule is [2H]C([2H])([2H])OC(=O)c1c(N)c2ccc(NCC(F)(F)F)cc2n(-c2ccc(N)cc2C)c1=O. The van der Waals surface area contributed by atoms with E-state index in [1.807, 2.05) is 0 Å². The number of hydrogen-bond acceptors (Lipinski definition) is 6. The standard InChI is InChI=1S/C20H19F3N4O3/c1-10-7-11(24)3-6-14(10)27-15-8-12(26-9-20(21,22)23)4-5-13(15)17(25)16(18(27)28)19(29)30-2/h3-8,26H,9,24-25H2,1-2H3/i2D3. The van der Waals surface area contributed by atoms with Crippen LogP contribution in [0.3, 0.4) is 0 Å². The van der Waals surface area contributed by atoms with Gasteiger partial charge < -0.3 is 21.5 Å². The van der Waals surface area contributed by atoms with E-state index in [1.54, 1.807) is 13.0 Å². The van der Waals surface area contributed by atoms with Crippen LogP contribution in [-0.2, 0) is 4.74 Å². The van der Waals surface area contributed by atoms with Gasteiger partial charge in [0.1, 0.15) is 12.1 Å². The van der Waals surface area contributed by atoms with Gasteiger partial charge in [-0.05, 0) is 48.9 Å². The van der Waals surface area contributed by atoms with Crippen LogP contribution in [0.2, 0.25) is 0 Å². The Morgan fingerprint density at radius 1 is 1.23 bits per heavy atom. The number of nitrogen functional groups attached to an aromatic ring is 2. The molecule has 0 aliphatic rings. The molecule has 0 aliphatic carbocycles. The van der Waals surface area contributed by atoms with Gasteiger partial charge in [0.25, 0.3) is 5.56 Å². The van der Waals surface area contributed by atoms with Crippen LogP contribution in [0.25, 0.3) is 16.6 Å². The number of methoxy groups -OCH3 is 1. The van der Waals surface area contributed by atoms with Gasteiger partial charge in [0.15, 0.2) is 0 Å². The van der Waals surface area contributed by atoms with Crippen molar-refractivity contribution in [2.75, 3.05) is 30.4 Å². The molecule has 30 heavy (non-hydrogen) atoms. The topological polar surface area (TPSA) is 112 Å². The molecule has 0 amide bonds. The van der Waals surface area contributed by atoms with E-state index < -0.39 is 36.9 Å². The van der Waals surface area contributed by atoms with Crippen LogP contribution in [0.15, 0.2) is 41.2 Å². The number of carbonyl (C=O) groups excluding carboxylic acids is 1. The van der Waals surface area contributed by atoms with Crippen molar-refractivity contribution in [1.82, 2.24) is 4.57 Å². The Morgan fingerprint density at radius 3 is 2.60 bits per heavy atom. The lowest BCUT2D eigenvalue weighted by Crippen LogP contribution is -2.29. The number of esters is 1. The molecule has 2 aromatic carbocycles. The van der Waals surface area contributed by atoms with Crippen LogP contribution < -0.4 is 22.3 Å². The number of aryl methyl sites for hydroxylation is 1. The minimum absolute atomic E-state index is 0.0401. The maximum absolute atomic E-state index is 13.4. The molecule has 0 aliphatic heterocycles. The van der Waals surface area contributed by atoms with Crippen LogP contribution in [0.5, 0.6) is 0 Å². The third-order valence-corrected chi connectivity index (χ3v) is 4.47. The van der Waals surface area contributed by atoms with Crippen LogP contribution in [0.1, 0.15) is 20.0 Å². The molecule has 0 fully saturated rings. The summed E-state index contributed by atoms with van der Waals surface area (Å²) in [5.74, 6) is -1.46. The smallest absolute Gasteiger partial charge is 0.405 e. The molecule has 1 aromatic heterocycles. The summed E-state index contributed by atoms with van der Waals surface area (Å²) in [5, 5.41) is 2.35. The Hall–Kier alpha value is -3.69.